The summed E-state index contributed by atoms with van der Waals surface area (Å²) in [6, 6.07) is 10.3. The summed E-state index contributed by atoms with van der Waals surface area (Å²) in [6.45, 7) is 12.6. The van der Waals surface area contributed by atoms with Gasteiger partial charge in [-0.15, -0.1) is 17.9 Å². The normalized spacial score (nSPS) is 26.8. The molecule has 2 fully saturated rings. The molecule has 6 rings (SSSR count). The number of ether oxygens (including phenoxy) is 5. The minimum Gasteiger partial charge on any atom is -0.457 e. The van der Waals surface area contributed by atoms with Gasteiger partial charge in [0.25, 0.3) is 11.8 Å². The number of rotatable bonds is 11. The van der Waals surface area contributed by atoms with Crippen molar-refractivity contribution >= 4 is 68.8 Å². The summed E-state index contributed by atoms with van der Waals surface area (Å²) >= 11 is 7.98. The molecule has 62 heavy (non-hydrogen) atoms. The molecule has 2 saturated heterocycles. The number of aromatic nitrogens is 1. The van der Waals surface area contributed by atoms with Crippen LogP contribution in [0.3, 0.4) is 0 Å². The molecule has 0 bridgehead atoms. The standard InChI is InChI=1S/C46H53ClN2O12S/c1-7-10-30-42(60-44(56)57-25-28-13-15-33(31(47)21-28)58-40(53)12-9-20-49-38(51)17-18-39(49)52)26(2)11-8-19-46(6)37(61-46)23-34(29-14-16-35-32(22-29)48-27(3)62-35)59-41(54)24-36(50)45(4,5)43(30)55/h7,13-18,21-22,26,30,34,36-37,42,50H,1,8-12,19-20,23-25H2,2-6H3/t26-,30+,34-,36-,37+,42-,46-/m0/s1. The van der Waals surface area contributed by atoms with Gasteiger partial charge in [0.15, 0.2) is 0 Å². The number of nitrogens with zero attached hydrogens (tertiary/aromatic N) is 2. The number of aliphatic hydroxyl groups excluding tert-OH is 1. The van der Waals surface area contributed by atoms with Crippen LogP contribution in [-0.4, -0.2) is 81.1 Å². The third-order valence-corrected chi connectivity index (χ3v) is 13.2. The third kappa shape index (κ3) is 11.2. The van der Waals surface area contributed by atoms with Gasteiger partial charge in [-0.1, -0.05) is 57.0 Å². The van der Waals surface area contributed by atoms with Gasteiger partial charge >= 0.3 is 18.1 Å². The van der Waals surface area contributed by atoms with Gasteiger partial charge in [0.2, 0.25) is 0 Å². The Kier molecular flexibility index (Phi) is 14.7. The molecule has 3 aromatic rings. The highest BCUT2D eigenvalue weighted by Crippen LogP contribution is 2.47. The van der Waals surface area contributed by atoms with E-state index < -0.39 is 77.4 Å². The Morgan fingerprint density at radius 1 is 1.10 bits per heavy atom. The van der Waals surface area contributed by atoms with Gasteiger partial charge in [-0.2, -0.15) is 0 Å². The minimum atomic E-state index is -1.47. The van der Waals surface area contributed by atoms with E-state index in [-0.39, 0.29) is 55.2 Å². The van der Waals surface area contributed by atoms with E-state index >= 15 is 0 Å². The number of carbonyl (C=O) groups excluding carboxylic acids is 6. The fourth-order valence-electron chi connectivity index (χ4n) is 8.09. The van der Waals surface area contributed by atoms with Crippen LogP contribution in [0.5, 0.6) is 5.75 Å². The van der Waals surface area contributed by atoms with Gasteiger partial charge in [0.1, 0.15) is 30.3 Å². The van der Waals surface area contributed by atoms with Crippen LogP contribution >= 0.6 is 22.9 Å². The number of aryl methyl sites for hydroxylation is 1. The average Bonchev–Trinajstić information content (AvgIpc) is 3.50. The smallest absolute Gasteiger partial charge is 0.457 e. The molecule has 3 aliphatic heterocycles. The second kappa shape index (κ2) is 19.6. The van der Waals surface area contributed by atoms with Crippen molar-refractivity contribution in [2.24, 2.45) is 17.3 Å². The number of imide groups is 1. The van der Waals surface area contributed by atoms with Crippen LogP contribution in [-0.2, 0) is 49.5 Å². The van der Waals surface area contributed by atoms with Crippen LogP contribution in [0.25, 0.3) is 10.2 Å². The number of benzene rings is 2. The second-order valence-electron chi connectivity index (χ2n) is 17.0. The van der Waals surface area contributed by atoms with Crippen LogP contribution in [0.1, 0.15) is 101 Å². The zero-order valence-corrected chi connectivity index (χ0v) is 37.1. The van der Waals surface area contributed by atoms with Crippen LogP contribution in [0.15, 0.2) is 61.2 Å². The monoisotopic (exact) mass is 892 g/mol. The van der Waals surface area contributed by atoms with Gasteiger partial charge in [0.05, 0.1) is 55.8 Å². The number of amides is 2. The molecule has 0 aliphatic carbocycles. The molecule has 0 saturated carbocycles. The van der Waals surface area contributed by atoms with Crippen LogP contribution < -0.4 is 4.74 Å². The fourth-order valence-corrected chi connectivity index (χ4v) is 9.14. The maximum atomic E-state index is 14.5. The number of fused-ring (bicyclic) bond motifs is 2. The van der Waals surface area contributed by atoms with Crippen LogP contribution in [0.2, 0.25) is 5.02 Å². The van der Waals surface area contributed by atoms with E-state index in [1.165, 1.54) is 24.3 Å². The molecule has 1 aromatic heterocycles. The molecule has 16 heteroatoms. The van der Waals surface area contributed by atoms with Gasteiger partial charge in [-0.05, 0) is 80.8 Å². The number of epoxide rings is 1. The van der Waals surface area contributed by atoms with E-state index in [4.69, 9.17) is 35.3 Å². The third-order valence-electron chi connectivity index (χ3n) is 12.0. The fraction of sp³-hybridized carbons (Fsp3) is 0.500. The summed E-state index contributed by atoms with van der Waals surface area (Å²) in [5.74, 6) is -3.79. The number of esters is 2. The Morgan fingerprint density at radius 2 is 1.84 bits per heavy atom. The Morgan fingerprint density at radius 3 is 2.55 bits per heavy atom. The van der Waals surface area contributed by atoms with Crippen molar-refractivity contribution in [1.29, 1.82) is 0 Å². The number of hydrogen-bond acceptors (Lipinski definition) is 14. The van der Waals surface area contributed by atoms with Gasteiger partial charge in [0, 0.05) is 31.5 Å². The first-order valence-corrected chi connectivity index (χ1v) is 22.0. The first kappa shape index (κ1) is 46.5. The molecule has 14 nitrogen and oxygen atoms in total. The first-order chi connectivity index (χ1) is 29.4. The quantitative estimate of drug-likeness (QED) is 0.0640. The van der Waals surface area contributed by atoms with Gasteiger partial charge in [-0.3, -0.25) is 28.9 Å². The van der Waals surface area contributed by atoms with Crippen molar-refractivity contribution in [1.82, 2.24) is 9.88 Å². The van der Waals surface area contributed by atoms with Crippen LogP contribution in [0.4, 0.5) is 4.79 Å². The summed E-state index contributed by atoms with van der Waals surface area (Å²) in [5.41, 5.74) is 0.0818. The number of cyclic esters (lactones) is 1. The average molecular weight is 893 g/mol. The van der Waals surface area contributed by atoms with E-state index in [1.54, 1.807) is 37.3 Å². The number of ketones is 1. The Balaban J connectivity index is 1.11. The molecule has 7 atom stereocenters. The molecule has 0 radical (unpaired) electrons. The zero-order chi connectivity index (χ0) is 44.9. The lowest BCUT2D eigenvalue weighted by Gasteiger charge is -2.37. The molecule has 0 spiro atoms. The topological polar surface area (TPSA) is 188 Å². The highest BCUT2D eigenvalue weighted by Gasteiger charge is 2.53. The lowest BCUT2D eigenvalue weighted by atomic mass is 9.71. The summed E-state index contributed by atoms with van der Waals surface area (Å²) < 4.78 is 30.2. The predicted molar refractivity (Wildman–Crippen MR) is 229 cm³/mol. The van der Waals surface area contributed by atoms with Gasteiger partial charge < -0.3 is 28.8 Å². The lowest BCUT2D eigenvalue weighted by Crippen LogP contribution is -2.47. The number of hydrogen-bond donors (Lipinski definition) is 1. The molecular formula is C46H53ClN2O12S. The summed E-state index contributed by atoms with van der Waals surface area (Å²) in [6.07, 6.45) is 1.68. The highest BCUT2D eigenvalue weighted by molar-refractivity contribution is 7.18. The number of Topliss-reactive ketones (excluding diaryl/α,β-unsaturated/α-hetero) is 1. The Labute approximate surface area is 369 Å². The van der Waals surface area contributed by atoms with Crippen molar-refractivity contribution in [3.63, 3.8) is 0 Å². The zero-order valence-electron chi connectivity index (χ0n) is 35.6. The van der Waals surface area contributed by atoms with Crippen molar-refractivity contribution in [3.05, 3.63) is 82.4 Å². The molecule has 2 amide bonds. The molecule has 0 unspecified atom stereocenters. The number of carbonyl (C=O) groups is 6. The maximum absolute atomic E-state index is 14.5. The molecule has 4 heterocycles. The van der Waals surface area contributed by atoms with Crippen molar-refractivity contribution < 1.29 is 57.6 Å². The Bertz CT molecular complexity index is 2240. The van der Waals surface area contributed by atoms with Crippen LogP contribution in [0, 0.1) is 24.2 Å². The molecule has 1 N–H and O–H groups in total. The number of aliphatic hydroxyl groups is 1. The molecule has 2 aromatic carbocycles. The second-order valence-corrected chi connectivity index (χ2v) is 18.7. The maximum Gasteiger partial charge on any atom is 0.508 e. The van der Waals surface area contributed by atoms with E-state index in [1.807, 2.05) is 39.0 Å². The summed E-state index contributed by atoms with van der Waals surface area (Å²) in [7, 11) is 0. The van der Waals surface area contributed by atoms with Crippen molar-refractivity contribution in [2.75, 3.05) is 6.54 Å². The number of allylic oxidation sites excluding steroid dienone is 1. The summed E-state index contributed by atoms with van der Waals surface area (Å²) in [4.78, 5) is 83.0. The molecule has 332 valence electrons. The molecular weight excluding hydrogens is 840 g/mol. The lowest BCUT2D eigenvalue weighted by molar-refractivity contribution is -0.157. The molecule has 3 aliphatic rings. The van der Waals surface area contributed by atoms with E-state index in [0.717, 1.165) is 25.7 Å². The van der Waals surface area contributed by atoms with Crippen molar-refractivity contribution in [3.8, 4) is 5.75 Å². The summed E-state index contributed by atoms with van der Waals surface area (Å²) in [5, 5.41) is 12.5. The van der Waals surface area contributed by atoms with Gasteiger partial charge in [-0.25, -0.2) is 9.78 Å². The van der Waals surface area contributed by atoms with E-state index in [2.05, 4.69) is 11.6 Å². The minimum absolute atomic E-state index is 0.0679. The highest BCUT2D eigenvalue weighted by atomic mass is 35.5. The SMILES string of the molecule is C=CC[C@H]1C(=O)C(C)(C)[C@@H](O)CC(=O)O[C@H](c2ccc3sc(C)nc3c2)C[C@H]2O[C@@]2(C)CCC[C@H](C)[C@@H]1OC(=O)OCc1ccc(OC(=O)CCCN2C(=O)C=CC2=O)c(Cl)c1. The van der Waals surface area contributed by atoms with E-state index in [9.17, 15) is 33.9 Å². The first-order valence-electron chi connectivity index (χ1n) is 20.8. The predicted octanol–water partition coefficient (Wildman–Crippen LogP) is 8.08. The number of thiazole rings is 1. The Hall–Kier alpha value is -4.96. The largest absolute Gasteiger partial charge is 0.508 e. The van der Waals surface area contributed by atoms with Crippen molar-refractivity contribution in [2.45, 2.75) is 123 Å². The van der Waals surface area contributed by atoms with E-state index in [0.29, 0.717) is 31.2 Å². The number of halogens is 1.